The molecule has 7 nitrogen and oxygen atoms in total. The molecule has 2 bridgehead atoms. The van der Waals surface area contributed by atoms with Crippen molar-refractivity contribution in [1.82, 2.24) is 19.3 Å². The molecule has 3 fully saturated rings. The minimum Gasteiger partial charge on any atom is -0.393 e. The molecular weight excluding hydrogens is 401 g/mol. The van der Waals surface area contributed by atoms with E-state index in [0.29, 0.717) is 24.5 Å². The van der Waals surface area contributed by atoms with Crippen molar-refractivity contribution >= 4 is 0 Å². The first kappa shape index (κ1) is 20.0. The Morgan fingerprint density at radius 2 is 1.93 bits per heavy atom. The molecule has 2 aromatic heterocycles. The summed E-state index contributed by atoms with van der Waals surface area (Å²) in [7, 11) is 0. The number of hydrogen-bond donors (Lipinski definition) is 2. The Morgan fingerprint density at radius 3 is 2.50 bits per heavy atom. The summed E-state index contributed by atoms with van der Waals surface area (Å²) in [5.74, 6) is -0.406. The highest BCUT2D eigenvalue weighted by Crippen LogP contribution is 2.51. The number of alkyl halides is 3. The molecule has 2 N–H and O–H groups in total. The molecule has 30 heavy (non-hydrogen) atoms. The van der Waals surface area contributed by atoms with Crippen LogP contribution >= 0.6 is 0 Å². The van der Waals surface area contributed by atoms with E-state index in [1.165, 1.54) is 10.8 Å². The third kappa shape index (κ3) is 2.56. The molecule has 0 aromatic carbocycles. The number of aliphatic hydroxyl groups excluding tert-OH is 1. The molecular formula is C20H25F3N4O3. The maximum Gasteiger partial charge on any atom is 0.424 e. The summed E-state index contributed by atoms with van der Waals surface area (Å²) >= 11 is 0. The summed E-state index contributed by atoms with van der Waals surface area (Å²) in [6.45, 7) is 3.41. The second-order valence-electron chi connectivity index (χ2n) is 9.26. The van der Waals surface area contributed by atoms with E-state index in [1.807, 2.05) is 10.7 Å². The van der Waals surface area contributed by atoms with Gasteiger partial charge in [-0.15, -0.1) is 0 Å². The zero-order chi connectivity index (χ0) is 21.5. The lowest BCUT2D eigenvalue weighted by Crippen LogP contribution is -2.55. The molecule has 10 heteroatoms. The first-order valence-corrected chi connectivity index (χ1v) is 10.2. The first-order valence-electron chi connectivity index (χ1n) is 10.2. The quantitative estimate of drug-likeness (QED) is 0.788. The van der Waals surface area contributed by atoms with E-state index in [2.05, 4.69) is 4.98 Å². The molecule has 2 aromatic rings. The minimum atomic E-state index is -4.84. The van der Waals surface area contributed by atoms with Crippen molar-refractivity contribution in [2.24, 2.45) is 0 Å². The summed E-state index contributed by atoms with van der Waals surface area (Å²) < 4.78 is 49.6. The van der Waals surface area contributed by atoms with Gasteiger partial charge in [0.15, 0.2) is 5.82 Å². The summed E-state index contributed by atoms with van der Waals surface area (Å²) in [6, 6.07) is 1.58. The lowest BCUT2D eigenvalue weighted by molar-refractivity contribution is -0.262. The normalized spacial score (nSPS) is 32.6. The van der Waals surface area contributed by atoms with Crippen LogP contribution in [0.1, 0.15) is 57.1 Å². The van der Waals surface area contributed by atoms with Gasteiger partial charge in [0, 0.05) is 5.41 Å². The van der Waals surface area contributed by atoms with Gasteiger partial charge in [-0.2, -0.15) is 18.3 Å². The topological polar surface area (TPSA) is 85.3 Å². The molecule has 0 amide bonds. The van der Waals surface area contributed by atoms with Crippen LogP contribution < -0.4 is 0 Å². The van der Waals surface area contributed by atoms with Crippen LogP contribution in [-0.2, 0) is 22.3 Å². The summed E-state index contributed by atoms with van der Waals surface area (Å²) in [5, 5.41) is 24.7. The van der Waals surface area contributed by atoms with Gasteiger partial charge in [-0.25, -0.2) is 4.98 Å². The van der Waals surface area contributed by atoms with Gasteiger partial charge in [-0.3, -0.25) is 4.68 Å². The SMILES string of the molecule is C[C@H]1Cn2nc(C34CCC(CO)(CC3)OC4)cc2-c2cnc([C@@](C)(O)C(F)(F)F)n21. The van der Waals surface area contributed by atoms with Crippen LogP contribution in [0, 0.1) is 0 Å². The number of ether oxygens (including phenoxy) is 1. The summed E-state index contributed by atoms with van der Waals surface area (Å²) in [5.41, 5.74) is -1.64. The summed E-state index contributed by atoms with van der Waals surface area (Å²) in [6.07, 6.45) is -0.219. The molecule has 2 atom stereocenters. The predicted octanol–water partition coefficient (Wildman–Crippen LogP) is 2.66. The molecule has 164 valence electrons. The van der Waals surface area contributed by atoms with Gasteiger partial charge in [-0.05, 0) is 45.6 Å². The number of aliphatic hydroxyl groups is 2. The number of nitrogens with zero attached hydrogens (tertiary/aromatic N) is 4. The van der Waals surface area contributed by atoms with E-state index in [1.54, 1.807) is 6.92 Å². The fourth-order valence-electron chi connectivity index (χ4n) is 5.13. The molecule has 4 aliphatic rings. The molecule has 0 spiro atoms. The first-order chi connectivity index (χ1) is 14.0. The van der Waals surface area contributed by atoms with Gasteiger partial charge in [0.05, 0.1) is 54.7 Å². The van der Waals surface area contributed by atoms with Gasteiger partial charge in [-0.1, -0.05) is 0 Å². The average Bonchev–Trinajstić information content (AvgIpc) is 3.34. The van der Waals surface area contributed by atoms with Crippen LogP contribution in [0.4, 0.5) is 13.2 Å². The van der Waals surface area contributed by atoms with Gasteiger partial charge >= 0.3 is 6.18 Å². The highest BCUT2D eigenvalue weighted by molar-refractivity contribution is 5.58. The predicted molar refractivity (Wildman–Crippen MR) is 99.7 cm³/mol. The fourth-order valence-corrected chi connectivity index (χ4v) is 5.13. The van der Waals surface area contributed by atoms with E-state index in [0.717, 1.165) is 38.3 Å². The van der Waals surface area contributed by atoms with Gasteiger partial charge < -0.3 is 19.5 Å². The van der Waals surface area contributed by atoms with E-state index in [9.17, 15) is 23.4 Å². The average molecular weight is 426 g/mol. The highest BCUT2D eigenvalue weighted by Gasteiger charge is 2.55. The number of fused-ring (bicyclic) bond motifs is 6. The van der Waals surface area contributed by atoms with Crippen molar-refractivity contribution in [2.75, 3.05) is 13.2 Å². The monoisotopic (exact) mass is 426 g/mol. The molecule has 3 aliphatic heterocycles. The molecule has 6 rings (SSSR count). The van der Waals surface area contributed by atoms with E-state index in [-0.39, 0.29) is 18.1 Å². The fraction of sp³-hybridized carbons (Fsp3) is 0.700. The van der Waals surface area contributed by atoms with E-state index in [4.69, 9.17) is 9.84 Å². The van der Waals surface area contributed by atoms with Crippen molar-refractivity contribution in [3.63, 3.8) is 0 Å². The molecule has 1 saturated carbocycles. The van der Waals surface area contributed by atoms with Crippen LogP contribution in [0.2, 0.25) is 0 Å². The smallest absolute Gasteiger partial charge is 0.393 e. The highest BCUT2D eigenvalue weighted by atomic mass is 19.4. The Labute approximate surface area is 171 Å². The van der Waals surface area contributed by atoms with Crippen molar-refractivity contribution in [3.8, 4) is 11.4 Å². The number of imidazole rings is 1. The molecule has 5 heterocycles. The number of hydrogen-bond acceptors (Lipinski definition) is 5. The Kier molecular flexibility index (Phi) is 4.05. The van der Waals surface area contributed by atoms with Crippen molar-refractivity contribution in [2.45, 2.75) is 74.9 Å². The van der Waals surface area contributed by atoms with Crippen LogP contribution in [0.15, 0.2) is 12.3 Å². The van der Waals surface area contributed by atoms with Gasteiger partial charge in [0.1, 0.15) is 0 Å². The molecule has 1 aliphatic carbocycles. The number of aromatic nitrogens is 4. The number of halogens is 3. The molecule has 0 radical (unpaired) electrons. The number of rotatable bonds is 3. The van der Waals surface area contributed by atoms with Gasteiger partial charge in [0.2, 0.25) is 5.60 Å². The minimum absolute atomic E-state index is 0.0153. The second kappa shape index (κ2) is 6.08. The van der Waals surface area contributed by atoms with Crippen LogP contribution in [-0.4, -0.2) is 54.5 Å². The van der Waals surface area contributed by atoms with Gasteiger partial charge in [0.25, 0.3) is 0 Å². The van der Waals surface area contributed by atoms with E-state index < -0.39 is 23.2 Å². The molecule has 0 unspecified atom stereocenters. The lowest BCUT2D eigenvalue weighted by atomic mass is 9.64. The Morgan fingerprint density at radius 1 is 1.23 bits per heavy atom. The largest absolute Gasteiger partial charge is 0.424 e. The maximum absolute atomic E-state index is 13.4. The van der Waals surface area contributed by atoms with E-state index >= 15 is 0 Å². The zero-order valence-corrected chi connectivity index (χ0v) is 16.9. The maximum atomic E-state index is 13.4. The molecule has 2 saturated heterocycles. The Hall–Kier alpha value is -1.91. The third-order valence-corrected chi connectivity index (χ3v) is 7.31. The Bertz CT molecular complexity index is 970. The second-order valence-corrected chi connectivity index (χ2v) is 9.26. The standard InChI is InChI=1S/C20H25F3N4O3/c1-12-9-26-13(14-8-24-16(27(12)14)17(2,29)20(21,22)23)7-15(25-26)18-3-5-19(10-28,6-4-18)30-11-18/h7-8,12,28-29H,3-6,9-11H2,1-2H3/t12-,17+,18?,19?/m0/s1. The van der Waals surface area contributed by atoms with Crippen LogP contribution in [0.5, 0.6) is 0 Å². The van der Waals surface area contributed by atoms with Crippen molar-refractivity contribution in [1.29, 1.82) is 0 Å². The Balaban J connectivity index is 1.55. The zero-order valence-electron chi connectivity index (χ0n) is 16.9. The lowest BCUT2D eigenvalue weighted by Gasteiger charge is -2.51. The van der Waals surface area contributed by atoms with Crippen molar-refractivity contribution < 1.29 is 28.1 Å². The van der Waals surface area contributed by atoms with Crippen molar-refractivity contribution in [3.05, 3.63) is 23.8 Å². The van der Waals surface area contributed by atoms with Crippen LogP contribution in [0.25, 0.3) is 11.4 Å². The summed E-state index contributed by atoms with van der Waals surface area (Å²) in [4.78, 5) is 3.97. The van der Waals surface area contributed by atoms with Crippen LogP contribution in [0.3, 0.4) is 0 Å². The third-order valence-electron chi connectivity index (χ3n) is 7.31.